The second kappa shape index (κ2) is 7.49. The van der Waals surface area contributed by atoms with E-state index in [4.69, 9.17) is 4.99 Å². The number of guanidine groups is 1. The summed E-state index contributed by atoms with van der Waals surface area (Å²) in [5, 5.41) is 3.43. The van der Waals surface area contributed by atoms with Crippen molar-refractivity contribution < 1.29 is 0 Å². The fraction of sp³-hybridized carbons (Fsp3) is 0.556. The Hall–Kier alpha value is -2.04. The molecule has 2 aromatic rings. The lowest BCUT2D eigenvalue weighted by Gasteiger charge is -2.33. The Morgan fingerprint density at radius 1 is 1.43 bits per heavy atom. The quantitative estimate of drug-likeness (QED) is 0.674. The Bertz CT molecular complexity index is 627. The van der Waals surface area contributed by atoms with Crippen LogP contribution in [0.2, 0.25) is 0 Å². The molecule has 1 aromatic heterocycles. The molecule has 5 heteroatoms. The molecule has 0 spiro atoms. The zero-order chi connectivity index (χ0) is 16.1. The number of H-pyrrole nitrogens is 1. The largest absolute Gasteiger partial charge is 0.357 e. The van der Waals surface area contributed by atoms with Gasteiger partial charge in [-0.1, -0.05) is 19.1 Å². The summed E-state index contributed by atoms with van der Waals surface area (Å²) in [6.07, 6.45) is 3.43. The second-order valence-corrected chi connectivity index (χ2v) is 6.38. The second-order valence-electron chi connectivity index (χ2n) is 6.38. The number of nitrogens with one attached hydrogen (secondary N) is 2. The van der Waals surface area contributed by atoms with Gasteiger partial charge in [0.1, 0.15) is 5.82 Å². The van der Waals surface area contributed by atoms with E-state index >= 15 is 0 Å². The zero-order valence-corrected chi connectivity index (χ0v) is 14.2. The first kappa shape index (κ1) is 15.8. The van der Waals surface area contributed by atoms with E-state index < -0.39 is 0 Å². The number of fused-ring (bicyclic) bond motifs is 1. The molecular formula is C18H27N5. The van der Waals surface area contributed by atoms with E-state index in [-0.39, 0.29) is 0 Å². The number of rotatable bonds is 4. The van der Waals surface area contributed by atoms with Crippen LogP contribution in [-0.2, 0) is 6.42 Å². The van der Waals surface area contributed by atoms with Crippen LogP contribution in [0.4, 0.5) is 0 Å². The number of aromatic nitrogens is 2. The van der Waals surface area contributed by atoms with Gasteiger partial charge in [0.05, 0.1) is 11.0 Å². The standard InChI is InChI=1S/C18H27N5/c1-3-19-18(23-12-6-7-14(2)13-23)20-11-10-17-21-15-8-4-5-9-16(15)22-17/h4-5,8-9,14H,3,6-7,10-13H2,1-2H3,(H,19,20)(H,21,22). The summed E-state index contributed by atoms with van der Waals surface area (Å²) in [6.45, 7) is 8.34. The third kappa shape index (κ3) is 4.03. The number of benzene rings is 1. The predicted molar refractivity (Wildman–Crippen MR) is 95.7 cm³/mol. The molecule has 1 aromatic carbocycles. The molecule has 2 N–H and O–H groups in total. The molecule has 0 radical (unpaired) electrons. The summed E-state index contributed by atoms with van der Waals surface area (Å²) < 4.78 is 0. The highest BCUT2D eigenvalue weighted by Crippen LogP contribution is 2.15. The lowest BCUT2D eigenvalue weighted by atomic mass is 10.0. The Morgan fingerprint density at radius 3 is 3.09 bits per heavy atom. The average Bonchev–Trinajstić information content (AvgIpc) is 2.97. The summed E-state index contributed by atoms with van der Waals surface area (Å²) in [4.78, 5) is 15.2. The molecule has 1 atom stereocenters. The predicted octanol–water partition coefficient (Wildman–Crippen LogP) is 2.80. The van der Waals surface area contributed by atoms with E-state index in [0.29, 0.717) is 0 Å². The van der Waals surface area contributed by atoms with Crippen molar-refractivity contribution in [2.75, 3.05) is 26.2 Å². The van der Waals surface area contributed by atoms with Crippen LogP contribution in [0.15, 0.2) is 29.3 Å². The van der Waals surface area contributed by atoms with E-state index in [2.05, 4.69) is 40.1 Å². The van der Waals surface area contributed by atoms with Gasteiger partial charge in [0.15, 0.2) is 5.96 Å². The SMILES string of the molecule is CCNC(=NCCc1nc2ccccc2[nH]1)N1CCCC(C)C1. The molecule has 0 saturated carbocycles. The molecule has 1 fully saturated rings. The fourth-order valence-electron chi connectivity index (χ4n) is 3.20. The van der Waals surface area contributed by atoms with Gasteiger partial charge in [-0.05, 0) is 37.8 Å². The van der Waals surface area contributed by atoms with Crippen molar-refractivity contribution in [1.82, 2.24) is 20.2 Å². The Kier molecular flexibility index (Phi) is 5.16. The molecule has 1 aliphatic rings. The third-order valence-corrected chi connectivity index (χ3v) is 4.34. The van der Waals surface area contributed by atoms with E-state index in [0.717, 1.165) is 61.3 Å². The van der Waals surface area contributed by atoms with Crippen molar-refractivity contribution in [3.8, 4) is 0 Å². The van der Waals surface area contributed by atoms with Gasteiger partial charge in [-0.3, -0.25) is 4.99 Å². The first-order valence-corrected chi connectivity index (χ1v) is 8.73. The lowest BCUT2D eigenvalue weighted by Crippen LogP contribution is -2.46. The average molecular weight is 313 g/mol. The first-order chi connectivity index (χ1) is 11.3. The van der Waals surface area contributed by atoms with Crippen LogP contribution in [0.1, 0.15) is 32.5 Å². The van der Waals surface area contributed by atoms with Gasteiger partial charge >= 0.3 is 0 Å². The third-order valence-electron chi connectivity index (χ3n) is 4.34. The van der Waals surface area contributed by atoms with Crippen molar-refractivity contribution in [3.05, 3.63) is 30.1 Å². The topological polar surface area (TPSA) is 56.3 Å². The Balaban J connectivity index is 1.63. The summed E-state index contributed by atoms with van der Waals surface area (Å²) in [6, 6.07) is 8.15. The molecular weight excluding hydrogens is 286 g/mol. The Labute approximate surface area is 138 Å². The van der Waals surface area contributed by atoms with Gasteiger partial charge in [-0.15, -0.1) is 0 Å². The number of aliphatic imine (C=N–C) groups is 1. The van der Waals surface area contributed by atoms with Gasteiger partial charge in [-0.2, -0.15) is 0 Å². The van der Waals surface area contributed by atoms with E-state index in [1.165, 1.54) is 12.8 Å². The van der Waals surface area contributed by atoms with Crippen LogP contribution in [-0.4, -0.2) is 47.0 Å². The number of nitrogens with zero attached hydrogens (tertiary/aromatic N) is 3. The number of likely N-dealkylation sites (tertiary alicyclic amines) is 1. The molecule has 23 heavy (non-hydrogen) atoms. The highest BCUT2D eigenvalue weighted by molar-refractivity contribution is 5.80. The number of para-hydroxylation sites is 2. The van der Waals surface area contributed by atoms with Crippen LogP contribution >= 0.6 is 0 Å². The van der Waals surface area contributed by atoms with Crippen LogP contribution in [0, 0.1) is 5.92 Å². The summed E-state index contributed by atoms with van der Waals surface area (Å²) in [7, 11) is 0. The zero-order valence-electron chi connectivity index (χ0n) is 14.2. The molecule has 0 aliphatic carbocycles. The molecule has 0 amide bonds. The van der Waals surface area contributed by atoms with Gasteiger partial charge in [0.2, 0.25) is 0 Å². The maximum absolute atomic E-state index is 4.81. The Morgan fingerprint density at radius 2 is 2.30 bits per heavy atom. The molecule has 1 aliphatic heterocycles. The molecule has 3 rings (SSSR count). The number of hydrogen-bond acceptors (Lipinski definition) is 2. The first-order valence-electron chi connectivity index (χ1n) is 8.73. The van der Waals surface area contributed by atoms with Crippen LogP contribution < -0.4 is 5.32 Å². The summed E-state index contributed by atoms with van der Waals surface area (Å²) >= 11 is 0. The van der Waals surface area contributed by atoms with Gasteiger partial charge in [0.25, 0.3) is 0 Å². The van der Waals surface area contributed by atoms with E-state index in [1.807, 2.05) is 18.2 Å². The monoisotopic (exact) mass is 313 g/mol. The minimum Gasteiger partial charge on any atom is -0.357 e. The highest BCUT2D eigenvalue weighted by Gasteiger charge is 2.18. The van der Waals surface area contributed by atoms with Crippen LogP contribution in [0.3, 0.4) is 0 Å². The molecule has 0 bridgehead atoms. The maximum atomic E-state index is 4.81. The van der Waals surface area contributed by atoms with E-state index in [1.54, 1.807) is 0 Å². The van der Waals surface area contributed by atoms with Crippen molar-refractivity contribution in [2.24, 2.45) is 10.9 Å². The molecule has 1 unspecified atom stereocenters. The lowest BCUT2D eigenvalue weighted by molar-refractivity contribution is 0.266. The highest BCUT2D eigenvalue weighted by atomic mass is 15.3. The number of aromatic amines is 1. The van der Waals surface area contributed by atoms with Crippen LogP contribution in [0.5, 0.6) is 0 Å². The van der Waals surface area contributed by atoms with E-state index in [9.17, 15) is 0 Å². The molecule has 2 heterocycles. The minimum atomic E-state index is 0.753. The van der Waals surface area contributed by atoms with Crippen molar-refractivity contribution in [2.45, 2.75) is 33.1 Å². The van der Waals surface area contributed by atoms with Crippen molar-refractivity contribution in [3.63, 3.8) is 0 Å². The summed E-state index contributed by atoms with van der Waals surface area (Å²) in [5.41, 5.74) is 2.13. The van der Waals surface area contributed by atoms with Crippen LogP contribution in [0.25, 0.3) is 11.0 Å². The maximum Gasteiger partial charge on any atom is 0.193 e. The summed E-state index contributed by atoms with van der Waals surface area (Å²) in [5.74, 6) is 2.82. The van der Waals surface area contributed by atoms with Crippen molar-refractivity contribution in [1.29, 1.82) is 0 Å². The van der Waals surface area contributed by atoms with Gasteiger partial charge < -0.3 is 15.2 Å². The fourth-order valence-corrected chi connectivity index (χ4v) is 3.20. The number of imidazole rings is 1. The molecule has 1 saturated heterocycles. The molecule has 5 nitrogen and oxygen atoms in total. The smallest absolute Gasteiger partial charge is 0.193 e. The normalized spacial score (nSPS) is 19.3. The van der Waals surface area contributed by atoms with Crippen molar-refractivity contribution >= 4 is 17.0 Å². The molecule has 124 valence electrons. The van der Waals surface area contributed by atoms with Gasteiger partial charge in [0, 0.05) is 32.6 Å². The number of hydrogen-bond donors (Lipinski definition) is 2. The minimum absolute atomic E-state index is 0.753. The number of piperidine rings is 1. The van der Waals surface area contributed by atoms with Gasteiger partial charge in [-0.25, -0.2) is 4.98 Å².